The minimum Gasteiger partial charge on any atom is -0.313 e. The number of rotatable bonds is 5. The summed E-state index contributed by atoms with van der Waals surface area (Å²) in [6.45, 7) is 5.15. The van der Waals surface area contributed by atoms with Gasteiger partial charge in [-0.2, -0.15) is 0 Å². The summed E-state index contributed by atoms with van der Waals surface area (Å²) in [6.07, 6.45) is 1.94. The van der Waals surface area contributed by atoms with Crippen molar-refractivity contribution in [2.24, 2.45) is 0 Å². The zero-order chi connectivity index (χ0) is 11.1. The highest BCUT2D eigenvalue weighted by atomic mass is 16.1. The molecule has 0 amide bonds. The predicted molar refractivity (Wildman–Crippen MR) is 63.6 cm³/mol. The molecule has 0 unspecified atom stereocenters. The van der Waals surface area contributed by atoms with Crippen LogP contribution in [0.25, 0.3) is 6.08 Å². The highest BCUT2D eigenvalue weighted by molar-refractivity contribution is 5.98. The van der Waals surface area contributed by atoms with Crippen LogP contribution >= 0.6 is 0 Å². The Morgan fingerprint density at radius 1 is 1.33 bits per heavy atom. The van der Waals surface area contributed by atoms with Gasteiger partial charge in [-0.05, 0) is 25.1 Å². The van der Waals surface area contributed by atoms with Crippen molar-refractivity contribution in [3.8, 4) is 0 Å². The number of carbonyl (C=O) groups is 1. The first-order valence-corrected chi connectivity index (χ1v) is 5.21. The number of nitrogens with one attached hydrogen (secondary N) is 1. The molecular formula is C13H17NO. The largest absolute Gasteiger partial charge is 0.313 e. The molecule has 1 rings (SSSR count). The summed E-state index contributed by atoms with van der Waals surface area (Å²) in [7, 11) is 0. The molecule has 1 aromatic carbocycles. The second kappa shape index (κ2) is 6.14. The highest BCUT2D eigenvalue weighted by Gasteiger charge is 2.02. The Hall–Kier alpha value is -1.41. The number of benzene rings is 1. The minimum absolute atomic E-state index is 0.125. The molecule has 15 heavy (non-hydrogen) atoms. The third-order valence-corrected chi connectivity index (χ3v) is 2.16. The summed E-state index contributed by atoms with van der Waals surface area (Å²) in [5, 5.41) is 3.16. The van der Waals surface area contributed by atoms with Gasteiger partial charge in [0, 0.05) is 12.1 Å². The number of carbonyl (C=O) groups excluding carboxylic acids is 1. The maximum Gasteiger partial charge on any atom is 0.157 e. The van der Waals surface area contributed by atoms with E-state index in [2.05, 4.69) is 5.32 Å². The van der Waals surface area contributed by atoms with Crippen LogP contribution in [-0.2, 0) is 4.79 Å². The maximum atomic E-state index is 11.3. The van der Waals surface area contributed by atoms with Gasteiger partial charge in [-0.1, -0.05) is 37.3 Å². The minimum atomic E-state index is 0.125. The van der Waals surface area contributed by atoms with Crippen molar-refractivity contribution in [2.45, 2.75) is 13.8 Å². The topological polar surface area (TPSA) is 29.1 Å². The van der Waals surface area contributed by atoms with Gasteiger partial charge in [-0.25, -0.2) is 0 Å². The molecule has 2 nitrogen and oxygen atoms in total. The Bertz CT molecular complexity index is 341. The van der Waals surface area contributed by atoms with Gasteiger partial charge in [0.2, 0.25) is 0 Å². The van der Waals surface area contributed by atoms with Gasteiger partial charge in [0.15, 0.2) is 5.78 Å². The van der Waals surface area contributed by atoms with Crippen LogP contribution in [0.5, 0.6) is 0 Å². The molecule has 0 aliphatic carbocycles. The van der Waals surface area contributed by atoms with Crippen molar-refractivity contribution in [3.63, 3.8) is 0 Å². The predicted octanol–water partition coefficient (Wildman–Crippen LogP) is 2.27. The van der Waals surface area contributed by atoms with E-state index < -0.39 is 0 Å². The van der Waals surface area contributed by atoms with Gasteiger partial charge >= 0.3 is 0 Å². The van der Waals surface area contributed by atoms with Crippen LogP contribution in [0.15, 0.2) is 35.9 Å². The van der Waals surface area contributed by atoms with Crippen molar-refractivity contribution < 1.29 is 4.79 Å². The molecule has 0 aliphatic rings. The lowest BCUT2D eigenvalue weighted by Crippen LogP contribution is -2.19. The Kier molecular flexibility index (Phi) is 4.78. The number of hydrogen-bond donors (Lipinski definition) is 1. The summed E-state index contributed by atoms with van der Waals surface area (Å²) >= 11 is 0. The molecule has 0 saturated heterocycles. The van der Waals surface area contributed by atoms with Crippen molar-refractivity contribution in [3.05, 3.63) is 41.5 Å². The van der Waals surface area contributed by atoms with E-state index in [0.29, 0.717) is 6.54 Å². The zero-order valence-corrected chi connectivity index (χ0v) is 9.29. The van der Waals surface area contributed by atoms with E-state index in [9.17, 15) is 4.79 Å². The van der Waals surface area contributed by atoms with E-state index in [4.69, 9.17) is 0 Å². The molecule has 0 aromatic heterocycles. The summed E-state index contributed by atoms with van der Waals surface area (Å²) in [5.41, 5.74) is 1.89. The van der Waals surface area contributed by atoms with Gasteiger partial charge in [-0.3, -0.25) is 4.79 Å². The average molecular weight is 203 g/mol. The summed E-state index contributed by atoms with van der Waals surface area (Å²) in [5.74, 6) is 0.125. The number of hydrogen-bond acceptors (Lipinski definition) is 2. The monoisotopic (exact) mass is 203 g/mol. The standard InChI is InChI=1S/C13H17NO/c1-3-14-10-13(11(2)15)9-12-7-5-4-6-8-12/h4-9,14H,3,10H2,1-2H3/b13-9+. The van der Waals surface area contributed by atoms with Crippen LogP contribution < -0.4 is 5.32 Å². The molecule has 0 atom stereocenters. The van der Waals surface area contributed by atoms with Gasteiger partial charge < -0.3 is 5.32 Å². The van der Waals surface area contributed by atoms with Crippen LogP contribution in [-0.4, -0.2) is 18.9 Å². The van der Waals surface area contributed by atoms with Gasteiger partial charge in [0.05, 0.1) is 0 Å². The molecule has 2 heteroatoms. The molecule has 80 valence electrons. The summed E-state index contributed by atoms with van der Waals surface area (Å²) in [6, 6.07) is 9.90. The van der Waals surface area contributed by atoms with Crippen molar-refractivity contribution >= 4 is 11.9 Å². The van der Waals surface area contributed by atoms with E-state index in [0.717, 1.165) is 17.7 Å². The molecule has 1 aromatic rings. The number of Topliss-reactive ketones (excluding diaryl/α,β-unsaturated/α-hetero) is 1. The number of likely N-dealkylation sites (N-methyl/N-ethyl adjacent to an activating group) is 1. The quantitative estimate of drug-likeness (QED) is 0.744. The second-order valence-corrected chi connectivity index (χ2v) is 3.42. The fraction of sp³-hybridized carbons (Fsp3) is 0.308. The fourth-order valence-corrected chi connectivity index (χ4v) is 1.29. The van der Waals surface area contributed by atoms with Crippen LogP contribution in [0.1, 0.15) is 19.4 Å². The molecule has 0 saturated carbocycles. The summed E-state index contributed by atoms with van der Waals surface area (Å²) in [4.78, 5) is 11.3. The molecule has 0 spiro atoms. The zero-order valence-electron chi connectivity index (χ0n) is 9.29. The molecule has 1 N–H and O–H groups in total. The Morgan fingerprint density at radius 3 is 2.53 bits per heavy atom. The molecule has 0 fully saturated rings. The van der Waals surface area contributed by atoms with Crippen LogP contribution in [0.2, 0.25) is 0 Å². The van der Waals surface area contributed by atoms with Gasteiger partial charge in [0.1, 0.15) is 0 Å². The molecule has 0 heterocycles. The Balaban J connectivity index is 2.79. The third-order valence-electron chi connectivity index (χ3n) is 2.16. The van der Waals surface area contributed by atoms with Crippen molar-refractivity contribution in [1.82, 2.24) is 5.32 Å². The second-order valence-electron chi connectivity index (χ2n) is 3.42. The SMILES string of the molecule is CCNC/C(=C\c1ccccc1)C(C)=O. The fourth-order valence-electron chi connectivity index (χ4n) is 1.29. The van der Waals surface area contributed by atoms with Crippen LogP contribution in [0.3, 0.4) is 0 Å². The van der Waals surface area contributed by atoms with Crippen molar-refractivity contribution in [2.75, 3.05) is 13.1 Å². The molecule has 0 aliphatic heterocycles. The lowest BCUT2D eigenvalue weighted by Gasteiger charge is -2.04. The van der Waals surface area contributed by atoms with Crippen LogP contribution in [0.4, 0.5) is 0 Å². The Morgan fingerprint density at radius 2 is 2.00 bits per heavy atom. The lowest BCUT2D eigenvalue weighted by atomic mass is 10.1. The van der Waals surface area contributed by atoms with E-state index in [-0.39, 0.29) is 5.78 Å². The van der Waals surface area contributed by atoms with E-state index in [1.807, 2.05) is 43.3 Å². The van der Waals surface area contributed by atoms with E-state index in [1.54, 1.807) is 6.92 Å². The van der Waals surface area contributed by atoms with Gasteiger partial charge in [0.25, 0.3) is 0 Å². The molecule has 0 radical (unpaired) electrons. The average Bonchev–Trinajstić information content (AvgIpc) is 2.25. The first-order chi connectivity index (χ1) is 7.24. The van der Waals surface area contributed by atoms with E-state index in [1.165, 1.54) is 0 Å². The third kappa shape index (κ3) is 4.09. The lowest BCUT2D eigenvalue weighted by molar-refractivity contribution is -0.113. The normalized spacial score (nSPS) is 11.5. The highest BCUT2D eigenvalue weighted by Crippen LogP contribution is 2.06. The molecule has 0 bridgehead atoms. The van der Waals surface area contributed by atoms with E-state index >= 15 is 0 Å². The number of ketones is 1. The smallest absolute Gasteiger partial charge is 0.157 e. The maximum absolute atomic E-state index is 11.3. The first kappa shape index (κ1) is 11.7. The summed E-state index contributed by atoms with van der Waals surface area (Å²) < 4.78 is 0. The first-order valence-electron chi connectivity index (χ1n) is 5.21. The van der Waals surface area contributed by atoms with Crippen LogP contribution in [0, 0.1) is 0 Å². The van der Waals surface area contributed by atoms with Gasteiger partial charge in [-0.15, -0.1) is 0 Å². The van der Waals surface area contributed by atoms with Crippen molar-refractivity contribution in [1.29, 1.82) is 0 Å². The molecular weight excluding hydrogens is 186 g/mol. The Labute approximate surface area is 91.0 Å².